The topological polar surface area (TPSA) is 61.8 Å². The molecule has 0 unspecified atom stereocenters. The van der Waals surface area contributed by atoms with E-state index in [9.17, 15) is 9.90 Å². The Hall–Kier alpha value is -1.59. The second-order valence-corrected chi connectivity index (χ2v) is 6.98. The number of amides is 1. The number of benzene rings is 1. The number of aliphatic hydroxyl groups is 1. The van der Waals surface area contributed by atoms with E-state index in [0.717, 1.165) is 57.2 Å². The largest absolute Gasteiger partial charge is 0.445 e. The van der Waals surface area contributed by atoms with Crippen molar-refractivity contribution in [2.45, 2.75) is 63.3 Å². The Balaban J connectivity index is 1.35. The van der Waals surface area contributed by atoms with Crippen LogP contribution in [-0.4, -0.2) is 47.4 Å². The highest BCUT2D eigenvalue weighted by atomic mass is 16.5. The summed E-state index contributed by atoms with van der Waals surface area (Å²) in [7, 11) is 0. The lowest BCUT2D eigenvalue weighted by Gasteiger charge is -2.40. The molecule has 1 aliphatic carbocycles. The molecule has 1 amide bonds. The van der Waals surface area contributed by atoms with E-state index in [1.807, 2.05) is 30.3 Å². The number of hydrogen-bond acceptors (Lipinski definition) is 4. The number of nitrogens with zero attached hydrogens (tertiary/aromatic N) is 1. The van der Waals surface area contributed by atoms with E-state index in [1.54, 1.807) is 0 Å². The molecule has 5 nitrogen and oxygen atoms in total. The zero-order valence-corrected chi connectivity index (χ0v) is 14.2. The molecule has 3 rings (SSSR count). The third-order valence-corrected chi connectivity index (χ3v) is 5.25. The second kappa shape index (κ2) is 8.49. The number of carbonyl (C=O) groups is 1. The predicted molar refractivity (Wildman–Crippen MR) is 92.6 cm³/mol. The number of piperidine rings is 1. The van der Waals surface area contributed by atoms with Crippen LogP contribution in [0.1, 0.15) is 44.1 Å². The Morgan fingerprint density at radius 3 is 2.42 bits per heavy atom. The van der Waals surface area contributed by atoms with Gasteiger partial charge in [0.05, 0.1) is 6.10 Å². The number of likely N-dealkylation sites (tertiary alicyclic amines) is 1. The molecule has 2 fully saturated rings. The molecule has 1 aromatic carbocycles. The van der Waals surface area contributed by atoms with E-state index in [4.69, 9.17) is 4.74 Å². The fraction of sp³-hybridized carbons (Fsp3) is 0.632. The summed E-state index contributed by atoms with van der Waals surface area (Å²) < 4.78 is 5.30. The van der Waals surface area contributed by atoms with Crippen LogP contribution in [0.2, 0.25) is 0 Å². The van der Waals surface area contributed by atoms with Gasteiger partial charge >= 0.3 is 6.09 Å². The molecule has 1 saturated heterocycles. The first-order chi connectivity index (χ1) is 11.7. The van der Waals surface area contributed by atoms with Gasteiger partial charge in [0.15, 0.2) is 0 Å². The maximum absolute atomic E-state index is 11.9. The standard InChI is InChI=1S/C19H28N2O3/c22-18-10-12-21(13-11-18)17-8-6-16(7-9-17)20-19(23)24-14-15-4-2-1-3-5-15/h1-5,16-18,22H,6-14H2,(H,20,23)/t16-,17-. The minimum Gasteiger partial charge on any atom is -0.445 e. The monoisotopic (exact) mass is 332 g/mol. The fourth-order valence-corrected chi connectivity index (χ4v) is 3.77. The van der Waals surface area contributed by atoms with E-state index >= 15 is 0 Å². The summed E-state index contributed by atoms with van der Waals surface area (Å²) in [5, 5.41) is 12.6. The molecule has 0 bridgehead atoms. The Bertz CT molecular complexity index is 507. The molecule has 0 atom stereocenters. The summed E-state index contributed by atoms with van der Waals surface area (Å²) in [6.45, 7) is 2.32. The maximum atomic E-state index is 11.9. The average molecular weight is 332 g/mol. The number of nitrogens with one attached hydrogen (secondary N) is 1. The first-order valence-corrected chi connectivity index (χ1v) is 9.10. The Labute approximate surface area is 144 Å². The molecule has 1 heterocycles. The van der Waals surface area contributed by atoms with Gasteiger partial charge in [0, 0.05) is 25.2 Å². The highest BCUT2D eigenvalue weighted by Crippen LogP contribution is 2.25. The van der Waals surface area contributed by atoms with Gasteiger partial charge < -0.3 is 20.1 Å². The summed E-state index contributed by atoms with van der Waals surface area (Å²) in [5.41, 5.74) is 1.00. The Kier molecular flexibility index (Phi) is 6.10. The first-order valence-electron chi connectivity index (χ1n) is 9.10. The van der Waals surface area contributed by atoms with Gasteiger partial charge in [0.2, 0.25) is 0 Å². The SMILES string of the molecule is O=C(N[C@H]1CC[C@H](N2CCC(O)CC2)CC1)OCc1ccccc1. The van der Waals surface area contributed by atoms with Crippen molar-refractivity contribution in [2.24, 2.45) is 0 Å². The molecule has 0 radical (unpaired) electrons. The lowest BCUT2D eigenvalue weighted by molar-refractivity contribution is 0.0469. The van der Waals surface area contributed by atoms with Gasteiger partial charge in [-0.1, -0.05) is 30.3 Å². The molecule has 2 N–H and O–H groups in total. The normalized spacial score (nSPS) is 26.0. The quantitative estimate of drug-likeness (QED) is 0.890. The van der Waals surface area contributed by atoms with E-state index in [-0.39, 0.29) is 18.2 Å². The van der Waals surface area contributed by atoms with Crippen LogP contribution in [0.25, 0.3) is 0 Å². The van der Waals surface area contributed by atoms with E-state index in [1.165, 1.54) is 0 Å². The van der Waals surface area contributed by atoms with Crippen LogP contribution in [0.3, 0.4) is 0 Å². The number of hydrogen-bond donors (Lipinski definition) is 2. The van der Waals surface area contributed by atoms with Crippen LogP contribution in [0, 0.1) is 0 Å². The zero-order valence-electron chi connectivity index (χ0n) is 14.2. The molecule has 0 aromatic heterocycles. The van der Waals surface area contributed by atoms with Crippen LogP contribution < -0.4 is 5.32 Å². The Morgan fingerprint density at radius 2 is 1.75 bits per heavy atom. The number of ether oxygens (including phenoxy) is 1. The summed E-state index contributed by atoms with van der Waals surface area (Å²) in [5.74, 6) is 0. The van der Waals surface area contributed by atoms with E-state index < -0.39 is 0 Å². The van der Waals surface area contributed by atoms with Gasteiger partial charge in [0.25, 0.3) is 0 Å². The third kappa shape index (κ3) is 4.95. The molecule has 0 spiro atoms. The first kappa shape index (κ1) is 17.2. The van der Waals surface area contributed by atoms with Gasteiger partial charge in [-0.2, -0.15) is 0 Å². The summed E-state index contributed by atoms with van der Waals surface area (Å²) in [4.78, 5) is 14.4. The third-order valence-electron chi connectivity index (χ3n) is 5.25. The average Bonchev–Trinajstić information content (AvgIpc) is 2.62. The van der Waals surface area contributed by atoms with Crippen LogP contribution in [-0.2, 0) is 11.3 Å². The van der Waals surface area contributed by atoms with E-state index in [2.05, 4.69) is 10.2 Å². The Morgan fingerprint density at radius 1 is 1.08 bits per heavy atom. The number of rotatable bonds is 4. The second-order valence-electron chi connectivity index (χ2n) is 6.98. The highest BCUT2D eigenvalue weighted by Gasteiger charge is 2.29. The molecule has 132 valence electrons. The van der Waals surface area contributed by atoms with Gasteiger partial charge in [-0.05, 0) is 44.1 Å². The van der Waals surface area contributed by atoms with Crippen molar-refractivity contribution in [3.63, 3.8) is 0 Å². The predicted octanol–water partition coefficient (Wildman–Crippen LogP) is 2.68. The van der Waals surface area contributed by atoms with Crippen LogP contribution in [0.15, 0.2) is 30.3 Å². The van der Waals surface area contributed by atoms with Crippen molar-refractivity contribution >= 4 is 6.09 Å². The van der Waals surface area contributed by atoms with Gasteiger partial charge in [-0.3, -0.25) is 0 Å². The van der Waals surface area contributed by atoms with Crippen LogP contribution in [0.5, 0.6) is 0 Å². The molecular formula is C19H28N2O3. The lowest BCUT2D eigenvalue weighted by atomic mass is 9.89. The minimum absolute atomic E-state index is 0.112. The molecule has 5 heteroatoms. The van der Waals surface area contributed by atoms with Crippen molar-refractivity contribution in [1.29, 1.82) is 0 Å². The van der Waals surface area contributed by atoms with Crippen molar-refractivity contribution in [3.05, 3.63) is 35.9 Å². The van der Waals surface area contributed by atoms with Crippen molar-refractivity contribution in [3.8, 4) is 0 Å². The van der Waals surface area contributed by atoms with Gasteiger partial charge in [0.1, 0.15) is 6.61 Å². The zero-order chi connectivity index (χ0) is 16.8. The number of carbonyl (C=O) groups excluding carboxylic acids is 1. The van der Waals surface area contributed by atoms with Gasteiger partial charge in [-0.15, -0.1) is 0 Å². The molecule has 24 heavy (non-hydrogen) atoms. The van der Waals surface area contributed by atoms with Gasteiger partial charge in [-0.25, -0.2) is 4.79 Å². The molecule has 1 saturated carbocycles. The van der Waals surface area contributed by atoms with Crippen LogP contribution >= 0.6 is 0 Å². The van der Waals surface area contributed by atoms with Crippen molar-refractivity contribution < 1.29 is 14.6 Å². The molecule has 1 aromatic rings. The van der Waals surface area contributed by atoms with Crippen molar-refractivity contribution in [1.82, 2.24) is 10.2 Å². The minimum atomic E-state index is -0.316. The van der Waals surface area contributed by atoms with E-state index in [0.29, 0.717) is 12.6 Å². The summed E-state index contributed by atoms with van der Waals surface area (Å²) >= 11 is 0. The molecular weight excluding hydrogens is 304 g/mol. The smallest absolute Gasteiger partial charge is 0.407 e. The fourth-order valence-electron chi connectivity index (χ4n) is 3.77. The summed E-state index contributed by atoms with van der Waals surface area (Å²) in [6, 6.07) is 10.6. The number of aliphatic hydroxyl groups excluding tert-OH is 1. The number of alkyl carbamates (subject to hydrolysis) is 1. The molecule has 2 aliphatic rings. The summed E-state index contributed by atoms with van der Waals surface area (Å²) in [6.07, 6.45) is 5.59. The maximum Gasteiger partial charge on any atom is 0.407 e. The lowest BCUT2D eigenvalue weighted by Crippen LogP contribution is -2.47. The van der Waals surface area contributed by atoms with Crippen LogP contribution in [0.4, 0.5) is 4.79 Å². The highest BCUT2D eigenvalue weighted by molar-refractivity contribution is 5.67. The molecule has 1 aliphatic heterocycles. The van der Waals surface area contributed by atoms with Crippen molar-refractivity contribution in [2.75, 3.05) is 13.1 Å².